The molecule has 1 N–H and O–H groups in total. The number of fused-ring (bicyclic) bond motifs is 3. The minimum atomic E-state index is -5.79. The predicted octanol–water partition coefficient (Wildman–Crippen LogP) is 3.79. The molecule has 160 valence electrons. The van der Waals surface area contributed by atoms with E-state index in [0.717, 1.165) is 6.07 Å². The van der Waals surface area contributed by atoms with Crippen LogP contribution >= 0.6 is 0 Å². The third-order valence-electron chi connectivity index (χ3n) is 5.09. The van der Waals surface area contributed by atoms with Crippen LogP contribution in [0.1, 0.15) is 41.0 Å². The van der Waals surface area contributed by atoms with Gasteiger partial charge in [-0.3, -0.25) is 4.40 Å². The van der Waals surface area contributed by atoms with Gasteiger partial charge in [0.2, 0.25) is 0 Å². The van der Waals surface area contributed by atoms with Gasteiger partial charge in [-0.25, -0.2) is 14.8 Å². The van der Waals surface area contributed by atoms with Crippen LogP contribution in [0.2, 0.25) is 0 Å². The molecular weight excluding hydrogens is 411 g/mol. The van der Waals surface area contributed by atoms with Crippen molar-refractivity contribution in [2.24, 2.45) is 0 Å². The number of halogens is 5. The molecule has 0 aromatic carbocycles. The molecule has 0 aliphatic carbocycles. The van der Waals surface area contributed by atoms with E-state index in [-0.39, 0.29) is 29.5 Å². The van der Waals surface area contributed by atoms with Crippen LogP contribution in [0.3, 0.4) is 0 Å². The molecule has 1 aliphatic rings. The number of imidazole rings is 1. The van der Waals surface area contributed by atoms with Gasteiger partial charge in [-0.15, -0.1) is 0 Å². The molecular formula is C19H17F5N4O2. The molecule has 11 heteroatoms. The number of carbonyl (C=O) groups is 1. The first-order chi connectivity index (χ1) is 14.1. The van der Waals surface area contributed by atoms with Gasteiger partial charge in [-0.05, 0) is 49.6 Å². The molecule has 0 radical (unpaired) electrons. The van der Waals surface area contributed by atoms with Crippen LogP contribution in [0.5, 0.6) is 0 Å². The second-order valence-electron chi connectivity index (χ2n) is 7.00. The molecule has 0 bridgehead atoms. The Balaban J connectivity index is 1.99. The zero-order valence-electron chi connectivity index (χ0n) is 15.8. The highest BCUT2D eigenvalue weighted by Crippen LogP contribution is 2.44. The molecule has 1 saturated heterocycles. The first-order valence-electron chi connectivity index (χ1n) is 9.29. The number of rotatable bonds is 4. The molecule has 3 aromatic heterocycles. The third-order valence-corrected chi connectivity index (χ3v) is 5.09. The van der Waals surface area contributed by atoms with Gasteiger partial charge in [-0.1, -0.05) is 0 Å². The SMILES string of the molecule is CCOC(=O)c1cn2c(ccc3c(C4CCNC4)cc(C(F)(F)C(F)(F)F)nc32)n1. The summed E-state index contributed by atoms with van der Waals surface area (Å²) in [5.74, 6) is -6.11. The van der Waals surface area contributed by atoms with Crippen LogP contribution in [-0.4, -0.2) is 46.2 Å². The molecule has 1 unspecified atom stereocenters. The lowest BCUT2D eigenvalue weighted by molar-refractivity contribution is -0.290. The first kappa shape index (κ1) is 20.5. The summed E-state index contributed by atoms with van der Waals surface area (Å²) in [5.41, 5.74) is -1.08. The van der Waals surface area contributed by atoms with Crippen LogP contribution in [0.4, 0.5) is 22.0 Å². The highest BCUT2D eigenvalue weighted by atomic mass is 19.4. The van der Waals surface area contributed by atoms with E-state index in [4.69, 9.17) is 4.74 Å². The quantitative estimate of drug-likeness (QED) is 0.506. The molecule has 0 saturated carbocycles. The van der Waals surface area contributed by atoms with Gasteiger partial charge >= 0.3 is 18.1 Å². The van der Waals surface area contributed by atoms with Crippen molar-refractivity contribution in [3.05, 3.63) is 41.3 Å². The molecule has 6 nitrogen and oxygen atoms in total. The van der Waals surface area contributed by atoms with Crippen molar-refractivity contribution in [2.75, 3.05) is 19.7 Å². The molecule has 30 heavy (non-hydrogen) atoms. The summed E-state index contributed by atoms with van der Waals surface area (Å²) >= 11 is 0. The molecule has 0 spiro atoms. The number of hydrogen-bond acceptors (Lipinski definition) is 5. The third kappa shape index (κ3) is 3.26. The van der Waals surface area contributed by atoms with E-state index in [1.807, 2.05) is 0 Å². The Morgan fingerprint density at radius 1 is 1.27 bits per heavy atom. The maximum Gasteiger partial charge on any atom is 0.459 e. The van der Waals surface area contributed by atoms with Gasteiger partial charge in [0.25, 0.3) is 0 Å². The zero-order valence-corrected chi connectivity index (χ0v) is 15.8. The number of alkyl halides is 5. The monoisotopic (exact) mass is 428 g/mol. The standard InChI is InChI=1S/C19H17F5N4O2/c1-2-30-17(29)13-9-28-15(26-13)4-3-11-12(10-5-6-25-8-10)7-14(27-16(11)28)18(20,21)19(22,23)24/h3-4,7,9-10,25H,2,5-6,8H2,1H3. The van der Waals surface area contributed by atoms with Gasteiger partial charge in [0.15, 0.2) is 5.69 Å². The lowest BCUT2D eigenvalue weighted by Gasteiger charge is -2.22. The van der Waals surface area contributed by atoms with Crippen LogP contribution in [0, 0.1) is 0 Å². The van der Waals surface area contributed by atoms with E-state index in [1.165, 1.54) is 10.6 Å². The van der Waals surface area contributed by atoms with Crippen molar-refractivity contribution >= 4 is 22.6 Å². The predicted molar refractivity (Wildman–Crippen MR) is 96.6 cm³/mol. The fraction of sp³-hybridized carbons (Fsp3) is 0.421. The van der Waals surface area contributed by atoms with Gasteiger partial charge in [-0.2, -0.15) is 22.0 Å². The number of ether oxygens (including phenoxy) is 1. The summed E-state index contributed by atoms with van der Waals surface area (Å²) in [6, 6.07) is 3.96. The number of pyridine rings is 2. The average molecular weight is 428 g/mol. The summed E-state index contributed by atoms with van der Waals surface area (Å²) in [6.45, 7) is 2.79. The van der Waals surface area contributed by atoms with E-state index < -0.39 is 23.8 Å². The van der Waals surface area contributed by atoms with Crippen molar-refractivity contribution in [1.29, 1.82) is 0 Å². The Morgan fingerprint density at radius 3 is 2.67 bits per heavy atom. The van der Waals surface area contributed by atoms with Crippen LogP contribution in [-0.2, 0) is 10.7 Å². The van der Waals surface area contributed by atoms with E-state index >= 15 is 0 Å². The largest absolute Gasteiger partial charge is 0.461 e. The summed E-state index contributed by atoms with van der Waals surface area (Å²) in [5, 5.41) is 3.51. The number of esters is 1. The first-order valence-corrected chi connectivity index (χ1v) is 9.29. The molecule has 1 aliphatic heterocycles. The Bertz CT molecular complexity index is 1120. The van der Waals surface area contributed by atoms with Crippen LogP contribution in [0.25, 0.3) is 16.7 Å². The van der Waals surface area contributed by atoms with Crippen molar-refractivity contribution in [2.45, 2.75) is 31.4 Å². The smallest absolute Gasteiger partial charge is 0.459 e. The highest BCUT2D eigenvalue weighted by molar-refractivity contribution is 5.90. The van der Waals surface area contributed by atoms with E-state index in [9.17, 15) is 26.7 Å². The minimum Gasteiger partial charge on any atom is -0.461 e. The van der Waals surface area contributed by atoms with E-state index in [1.54, 1.807) is 19.1 Å². The fourth-order valence-corrected chi connectivity index (χ4v) is 3.62. The van der Waals surface area contributed by atoms with Crippen molar-refractivity contribution in [1.82, 2.24) is 19.7 Å². The maximum atomic E-state index is 14.2. The van der Waals surface area contributed by atoms with Crippen molar-refractivity contribution in [3.8, 4) is 0 Å². The molecule has 1 fully saturated rings. The van der Waals surface area contributed by atoms with Crippen LogP contribution < -0.4 is 5.32 Å². The van der Waals surface area contributed by atoms with Gasteiger partial charge < -0.3 is 10.1 Å². The zero-order chi connectivity index (χ0) is 21.7. The fourth-order valence-electron chi connectivity index (χ4n) is 3.62. The molecule has 4 rings (SSSR count). The van der Waals surface area contributed by atoms with Crippen molar-refractivity contribution in [3.63, 3.8) is 0 Å². The van der Waals surface area contributed by atoms with Gasteiger partial charge in [0.1, 0.15) is 17.0 Å². The Hall–Kier alpha value is -2.82. The number of nitrogens with zero attached hydrogens (tertiary/aromatic N) is 3. The Morgan fingerprint density at radius 2 is 2.03 bits per heavy atom. The van der Waals surface area contributed by atoms with Gasteiger partial charge in [0.05, 0.1) is 6.61 Å². The minimum absolute atomic E-state index is 0.0942. The average Bonchev–Trinajstić information content (AvgIpc) is 3.36. The lowest BCUT2D eigenvalue weighted by Crippen LogP contribution is -2.34. The summed E-state index contributed by atoms with van der Waals surface area (Å²) in [7, 11) is 0. The summed E-state index contributed by atoms with van der Waals surface area (Å²) < 4.78 is 73.7. The lowest BCUT2D eigenvalue weighted by atomic mass is 9.94. The normalized spacial score (nSPS) is 17.7. The highest BCUT2D eigenvalue weighted by Gasteiger charge is 2.60. The number of carbonyl (C=O) groups excluding carboxylic acids is 1. The second-order valence-corrected chi connectivity index (χ2v) is 7.00. The van der Waals surface area contributed by atoms with E-state index in [0.29, 0.717) is 30.5 Å². The summed E-state index contributed by atoms with van der Waals surface area (Å²) in [6.07, 6.45) is -3.97. The topological polar surface area (TPSA) is 68.5 Å². The number of aromatic nitrogens is 3. The van der Waals surface area contributed by atoms with Gasteiger partial charge in [0, 0.05) is 18.1 Å². The Labute approximate surface area is 167 Å². The molecule has 4 heterocycles. The Kier molecular flexibility index (Phi) is 4.88. The van der Waals surface area contributed by atoms with Crippen LogP contribution in [0.15, 0.2) is 24.4 Å². The molecule has 0 amide bonds. The molecule has 3 aromatic rings. The van der Waals surface area contributed by atoms with Crippen molar-refractivity contribution < 1.29 is 31.5 Å². The summed E-state index contributed by atoms with van der Waals surface area (Å²) in [4.78, 5) is 19.7. The number of nitrogens with one attached hydrogen (secondary N) is 1. The molecule has 1 atom stereocenters. The second kappa shape index (κ2) is 7.15. The van der Waals surface area contributed by atoms with E-state index in [2.05, 4.69) is 15.3 Å². The number of hydrogen-bond donors (Lipinski definition) is 1. The maximum absolute atomic E-state index is 14.2.